The smallest absolute Gasteiger partial charge is 0.262 e. The molecule has 0 spiro atoms. The lowest BCUT2D eigenvalue weighted by Gasteiger charge is -2.10. The second-order valence-corrected chi connectivity index (χ2v) is 3.48. The number of aromatic nitrogens is 2. The largest absolute Gasteiger partial charge is 0.480 e. The van der Waals surface area contributed by atoms with Gasteiger partial charge in [-0.25, -0.2) is 9.97 Å². The maximum absolute atomic E-state index is 12.0. The number of hydrogen-bond donors (Lipinski definition) is 2. The van der Waals surface area contributed by atoms with Gasteiger partial charge in [-0.15, -0.1) is 12.4 Å². The maximum Gasteiger partial charge on any atom is 0.262 e. The summed E-state index contributed by atoms with van der Waals surface area (Å²) < 4.78 is 10.1. The van der Waals surface area contributed by atoms with Gasteiger partial charge in [0.1, 0.15) is 6.33 Å². The molecule has 7 nitrogen and oxygen atoms in total. The van der Waals surface area contributed by atoms with E-state index >= 15 is 0 Å². The minimum Gasteiger partial charge on any atom is -0.480 e. The van der Waals surface area contributed by atoms with Crippen molar-refractivity contribution in [2.75, 3.05) is 34.4 Å². The molecule has 1 rings (SSSR count). The highest BCUT2D eigenvalue weighted by Gasteiger charge is 2.20. The van der Waals surface area contributed by atoms with Crippen molar-refractivity contribution in [3.63, 3.8) is 0 Å². The summed E-state index contributed by atoms with van der Waals surface area (Å²) in [5.41, 5.74) is 0.215. The first kappa shape index (κ1) is 17.4. The van der Waals surface area contributed by atoms with Crippen LogP contribution < -0.4 is 20.1 Å². The summed E-state index contributed by atoms with van der Waals surface area (Å²) in [6.45, 7) is 1.39. The average Bonchev–Trinajstić information content (AvgIpc) is 2.42. The first-order valence-electron chi connectivity index (χ1n) is 5.60. The number of amides is 1. The van der Waals surface area contributed by atoms with Crippen molar-refractivity contribution in [3.8, 4) is 11.8 Å². The number of ether oxygens (including phenoxy) is 2. The van der Waals surface area contributed by atoms with Gasteiger partial charge in [0.15, 0.2) is 5.56 Å². The Bertz CT molecular complexity index is 381. The second-order valence-electron chi connectivity index (χ2n) is 3.48. The molecule has 0 fully saturated rings. The van der Waals surface area contributed by atoms with Crippen molar-refractivity contribution in [2.24, 2.45) is 0 Å². The van der Waals surface area contributed by atoms with Crippen molar-refractivity contribution in [3.05, 3.63) is 11.9 Å². The van der Waals surface area contributed by atoms with Crippen LogP contribution in [0.2, 0.25) is 0 Å². The molecule has 8 heteroatoms. The molecular weight excluding hydrogens is 272 g/mol. The molecule has 0 atom stereocenters. The Kier molecular flexibility index (Phi) is 8.56. The van der Waals surface area contributed by atoms with E-state index in [4.69, 9.17) is 9.47 Å². The molecular formula is C11H19ClN4O3. The molecule has 1 amide bonds. The van der Waals surface area contributed by atoms with Gasteiger partial charge in [-0.2, -0.15) is 0 Å². The molecule has 0 radical (unpaired) electrons. The van der Waals surface area contributed by atoms with Gasteiger partial charge in [-0.3, -0.25) is 4.79 Å². The van der Waals surface area contributed by atoms with Crippen molar-refractivity contribution < 1.29 is 14.3 Å². The van der Waals surface area contributed by atoms with Crippen LogP contribution in [0.3, 0.4) is 0 Å². The number of nitrogens with zero attached hydrogens (tertiary/aromatic N) is 2. The molecule has 1 heterocycles. The van der Waals surface area contributed by atoms with E-state index in [1.54, 1.807) is 0 Å². The number of carbonyl (C=O) groups is 1. The third-order valence-corrected chi connectivity index (χ3v) is 2.28. The minimum atomic E-state index is -0.305. The van der Waals surface area contributed by atoms with Crippen molar-refractivity contribution in [2.45, 2.75) is 6.42 Å². The molecule has 0 aliphatic rings. The topological polar surface area (TPSA) is 85.4 Å². The molecule has 0 aliphatic heterocycles. The zero-order valence-electron chi connectivity index (χ0n) is 11.2. The summed E-state index contributed by atoms with van der Waals surface area (Å²) >= 11 is 0. The van der Waals surface area contributed by atoms with Crippen LogP contribution in [-0.2, 0) is 0 Å². The number of nitrogens with one attached hydrogen (secondary N) is 2. The Labute approximate surface area is 118 Å². The van der Waals surface area contributed by atoms with Crippen LogP contribution in [0.5, 0.6) is 11.8 Å². The van der Waals surface area contributed by atoms with Crippen LogP contribution in [0.25, 0.3) is 0 Å². The Morgan fingerprint density at radius 1 is 1.21 bits per heavy atom. The fourth-order valence-corrected chi connectivity index (χ4v) is 1.41. The van der Waals surface area contributed by atoms with Gasteiger partial charge < -0.3 is 20.1 Å². The van der Waals surface area contributed by atoms with Crippen LogP contribution in [0.15, 0.2) is 6.33 Å². The number of carbonyl (C=O) groups excluding carboxylic acids is 1. The molecule has 2 N–H and O–H groups in total. The summed E-state index contributed by atoms with van der Waals surface area (Å²) in [7, 11) is 4.75. The third kappa shape index (κ3) is 4.88. The van der Waals surface area contributed by atoms with Crippen LogP contribution in [0, 0.1) is 0 Å². The lowest BCUT2D eigenvalue weighted by Crippen LogP contribution is -2.27. The molecule has 0 unspecified atom stereocenters. The molecule has 0 aromatic carbocycles. The molecule has 1 aromatic rings. The monoisotopic (exact) mass is 290 g/mol. The highest BCUT2D eigenvalue weighted by atomic mass is 35.5. The second kappa shape index (κ2) is 9.35. The molecule has 19 heavy (non-hydrogen) atoms. The third-order valence-electron chi connectivity index (χ3n) is 2.28. The van der Waals surface area contributed by atoms with E-state index in [9.17, 15) is 4.79 Å². The van der Waals surface area contributed by atoms with E-state index < -0.39 is 0 Å². The van der Waals surface area contributed by atoms with E-state index in [0.717, 1.165) is 13.0 Å². The summed E-state index contributed by atoms with van der Waals surface area (Å²) in [4.78, 5) is 19.8. The van der Waals surface area contributed by atoms with Crippen LogP contribution >= 0.6 is 12.4 Å². The highest BCUT2D eigenvalue weighted by molar-refractivity contribution is 5.98. The van der Waals surface area contributed by atoms with Gasteiger partial charge in [0.2, 0.25) is 11.8 Å². The lowest BCUT2D eigenvalue weighted by atomic mass is 10.2. The van der Waals surface area contributed by atoms with Gasteiger partial charge in [-0.05, 0) is 20.0 Å². The number of rotatable bonds is 7. The van der Waals surface area contributed by atoms with E-state index in [2.05, 4.69) is 20.6 Å². The van der Waals surface area contributed by atoms with Gasteiger partial charge in [-0.1, -0.05) is 0 Å². The van der Waals surface area contributed by atoms with Gasteiger partial charge in [0, 0.05) is 6.54 Å². The van der Waals surface area contributed by atoms with E-state index in [1.165, 1.54) is 20.5 Å². The highest BCUT2D eigenvalue weighted by Crippen LogP contribution is 2.22. The fraction of sp³-hybridized carbons (Fsp3) is 0.545. The zero-order chi connectivity index (χ0) is 13.4. The normalized spacial score (nSPS) is 9.42. The van der Waals surface area contributed by atoms with Gasteiger partial charge in [0.05, 0.1) is 14.2 Å². The van der Waals surface area contributed by atoms with Gasteiger partial charge in [0.25, 0.3) is 5.91 Å². The Hall–Kier alpha value is -1.60. The summed E-state index contributed by atoms with van der Waals surface area (Å²) in [5, 5.41) is 5.77. The summed E-state index contributed by atoms with van der Waals surface area (Å²) in [6, 6.07) is 0. The number of hydrogen-bond acceptors (Lipinski definition) is 6. The summed E-state index contributed by atoms with van der Waals surface area (Å²) in [6.07, 6.45) is 2.12. The van der Waals surface area contributed by atoms with Crippen LogP contribution in [-0.4, -0.2) is 50.2 Å². The van der Waals surface area contributed by atoms with E-state index in [0.29, 0.717) is 6.54 Å². The van der Waals surface area contributed by atoms with Crippen molar-refractivity contribution in [1.29, 1.82) is 0 Å². The maximum atomic E-state index is 12.0. The SMILES string of the molecule is CNCCCNC(=O)c1c(OC)ncnc1OC.Cl. The molecule has 0 saturated heterocycles. The molecule has 0 aliphatic carbocycles. The first-order chi connectivity index (χ1) is 8.74. The molecule has 108 valence electrons. The Balaban J connectivity index is 0.00000324. The van der Waals surface area contributed by atoms with Crippen molar-refractivity contribution >= 4 is 18.3 Å². The lowest BCUT2D eigenvalue weighted by molar-refractivity contribution is 0.0945. The van der Waals surface area contributed by atoms with Crippen LogP contribution in [0.1, 0.15) is 16.8 Å². The van der Waals surface area contributed by atoms with Gasteiger partial charge >= 0.3 is 0 Å². The zero-order valence-corrected chi connectivity index (χ0v) is 12.0. The minimum absolute atomic E-state index is 0. The van der Waals surface area contributed by atoms with Crippen LogP contribution in [0.4, 0.5) is 0 Å². The van der Waals surface area contributed by atoms with E-state index in [-0.39, 0.29) is 35.6 Å². The van der Waals surface area contributed by atoms with E-state index in [1.807, 2.05) is 7.05 Å². The number of halogens is 1. The Morgan fingerprint density at radius 3 is 2.26 bits per heavy atom. The molecule has 0 saturated carbocycles. The first-order valence-corrected chi connectivity index (χ1v) is 5.60. The fourth-order valence-electron chi connectivity index (χ4n) is 1.41. The molecule has 1 aromatic heterocycles. The van der Waals surface area contributed by atoms with Crippen molar-refractivity contribution in [1.82, 2.24) is 20.6 Å². The summed E-state index contributed by atoms with van der Waals surface area (Å²) in [5.74, 6) is 0.0985. The molecule has 0 bridgehead atoms. The predicted molar refractivity (Wildman–Crippen MR) is 73.3 cm³/mol. The standard InChI is InChI=1S/C11H18N4O3.ClH/c1-12-5-4-6-13-9(16)8-10(17-2)14-7-15-11(8)18-3;/h7,12H,4-6H2,1-3H3,(H,13,16);1H. The number of methoxy groups -OCH3 is 2. The predicted octanol–water partition coefficient (Wildman–Crippen LogP) is 0.255. The quantitative estimate of drug-likeness (QED) is 0.701. The Morgan fingerprint density at radius 2 is 1.79 bits per heavy atom. The average molecular weight is 291 g/mol.